The highest BCUT2D eigenvalue weighted by Crippen LogP contribution is 2.21. The number of ether oxygens (including phenoxy) is 1. The van der Waals surface area contributed by atoms with E-state index >= 15 is 0 Å². The largest absolute Gasteiger partial charge is 0.444 e. The van der Waals surface area contributed by atoms with Crippen LogP contribution in [0.1, 0.15) is 34.1 Å². The van der Waals surface area contributed by atoms with Gasteiger partial charge in [-0.05, 0) is 27.7 Å². The van der Waals surface area contributed by atoms with Crippen LogP contribution in [0.5, 0.6) is 0 Å². The van der Waals surface area contributed by atoms with Gasteiger partial charge >= 0.3 is 6.09 Å². The van der Waals surface area contributed by atoms with Crippen molar-refractivity contribution in [3.63, 3.8) is 0 Å². The second-order valence-electron chi connectivity index (χ2n) is 5.15. The van der Waals surface area contributed by atoms with E-state index < -0.39 is 23.8 Å². The van der Waals surface area contributed by atoms with Crippen LogP contribution in [0.4, 0.5) is 4.79 Å². The van der Waals surface area contributed by atoms with Crippen LogP contribution in [0, 0.1) is 0 Å². The first-order valence-corrected chi connectivity index (χ1v) is 5.39. The van der Waals surface area contributed by atoms with Gasteiger partial charge in [-0.15, -0.1) is 0 Å². The molecule has 1 aliphatic heterocycles. The van der Waals surface area contributed by atoms with Gasteiger partial charge in [-0.2, -0.15) is 0 Å². The smallest absolute Gasteiger partial charge is 0.410 e. The maximum Gasteiger partial charge on any atom is 0.410 e. The molecule has 1 N–H and O–H groups in total. The van der Waals surface area contributed by atoms with E-state index in [0.29, 0.717) is 6.42 Å². The van der Waals surface area contributed by atoms with Crippen LogP contribution >= 0.6 is 0 Å². The summed E-state index contributed by atoms with van der Waals surface area (Å²) in [5.41, 5.74) is -0.591. The summed E-state index contributed by atoms with van der Waals surface area (Å²) in [6, 6.07) is -0.551. The van der Waals surface area contributed by atoms with Crippen molar-refractivity contribution in [1.29, 1.82) is 0 Å². The SMILES string of the molecule is CC(=O)C1CC(O)CN1C(=O)OC(C)(C)C. The average molecular weight is 229 g/mol. The first-order valence-electron chi connectivity index (χ1n) is 5.39. The van der Waals surface area contributed by atoms with Gasteiger partial charge in [0.05, 0.1) is 18.7 Å². The van der Waals surface area contributed by atoms with Gasteiger partial charge in [-0.3, -0.25) is 9.69 Å². The zero-order chi connectivity index (χ0) is 12.5. The van der Waals surface area contributed by atoms with Gasteiger partial charge in [-0.1, -0.05) is 0 Å². The normalized spacial score (nSPS) is 25.7. The number of rotatable bonds is 1. The van der Waals surface area contributed by atoms with Crippen molar-refractivity contribution >= 4 is 11.9 Å². The van der Waals surface area contributed by atoms with Crippen molar-refractivity contribution in [3.05, 3.63) is 0 Å². The molecule has 0 aliphatic carbocycles. The van der Waals surface area contributed by atoms with Crippen LogP contribution in [0.25, 0.3) is 0 Å². The fourth-order valence-corrected chi connectivity index (χ4v) is 1.72. The molecule has 0 spiro atoms. The van der Waals surface area contributed by atoms with Crippen LogP contribution < -0.4 is 0 Å². The number of ketones is 1. The molecule has 0 aromatic carbocycles. The van der Waals surface area contributed by atoms with Gasteiger partial charge in [-0.25, -0.2) is 4.79 Å². The Balaban J connectivity index is 2.71. The van der Waals surface area contributed by atoms with Crippen LogP contribution in [0.2, 0.25) is 0 Å². The lowest BCUT2D eigenvalue weighted by Crippen LogP contribution is -2.42. The van der Waals surface area contributed by atoms with Gasteiger partial charge < -0.3 is 9.84 Å². The Bertz CT molecular complexity index is 295. The highest BCUT2D eigenvalue weighted by Gasteiger charge is 2.39. The number of aliphatic hydroxyl groups is 1. The summed E-state index contributed by atoms with van der Waals surface area (Å²) in [5, 5.41) is 9.46. The van der Waals surface area contributed by atoms with E-state index in [0.717, 1.165) is 0 Å². The van der Waals surface area contributed by atoms with Crippen LogP contribution in [-0.4, -0.2) is 46.2 Å². The minimum Gasteiger partial charge on any atom is -0.444 e. The zero-order valence-corrected chi connectivity index (χ0v) is 10.2. The quantitative estimate of drug-likeness (QED) is 0.726. The Morgan fingerprint density at radius 3 is 2.38 bits per heavy atom. The second-order valence-corrected chi connectivity index (χ2v) is 5.15. The maximum atomic E-state index is 11.8. The predicted octanol–water partition coefficient (Wildman–Crippen LogP) is 0.946. The molecule has 1 rings (SSSR count). The Hall–Kier alpha value is -1.10. The molecule has 1 saturated heterocycles. The Morgan fingerprint density at radius 2 is 1.94 bits per heavy atom. The molecule has 0 aromatic heterocycles. The van der Waals surface area contributed by atoms with E-state index in [2.05, 4.69) is 0 Å². The molecule has 0 radical (unpaired) electrons. The summed E-state index contributed by atoms with van der Waals surface area (Å²) >= 11 is 0. The molecular weight excluding hydrogens is 210 g/mol. The standard InChI is InChI=1S/C11H19NO4/c1-7(13)9-5-8(14)6-12(9)10(15)16-11(2,3)4/h8-9,14H,5-6H2,1-4H3. The zero-order valence-electron chi connectivity index (χ0n) is 10.2. The third kappa shape index (κ3) is 3.20. The number of carbonyl (C=O) groups is 2. The third-order valence-electron chi connectivity index (χ3n) is 2.38. The minimum atomic E-state index is -0.638. The number of Topliss-reactive ketones (excluding diaryl/α,β-unsaturated/α-hetero) is 1. The first kappa shape index (κ1) is 13.0. The Kier molecular flexibility index (Phi) is 3.57. The molecule has 2 unspecified atom stereocenters. The van der Waals surface area contributed by atoms with E-state index in [-0.39, 0.29) is 12.3 Å². The number of aliphatic hydroxyl groups excluding tert-OH is 1. The molecule has 5 nitrogen and oxygen atoms in total. The topological polar surface area (TPSA) is 66.8 Å². The average Bonchev–Trinajstić information content (AvgIpc) is 2.44. The van der Waals surface area contributed by atoms with E-state index in [1.807, 2.05) is 0 Å². The Labute approximate surface area is 95.4 Å². The summed E-state index contributed by atoms with van der Waals surface area (Å²) in [4.78, 5) is 24.4. The molecule has 0 bridgehead atoms. The number of nitrogens with zero attached hydrogens (tertiary/aromatic N) is 1. The lowest BCUT2D eigenvalue weighted by molar-refractivity contribution is -0.121. The second kappa shape index (κ2) is 4.41. The fraction of sp³-hybridized carbons (Fsp3) is 0.818. The number of amides is 1. The Morgan fingerprint density at radius 1 is 1.38 bits per heavy atom. The summed E-state index contributed by atoms with van der Waals surface area (Å²) in [6.07, 6.45) is -0.875. The predicted molar refractivity (Wildman–Crippen MR) is 58.0 cm³/mol. The van der Waals surface area contributed by atoms with E-state index in [4.69, 9.17) is 4.74 Å². The molecule has 16 heavy (non-hydrogen) atoms. The van der Waals surface area contributed by atoms with Crippen LogP contribution in [0.3, 0.4) is 0 Å². The molecule has 1 amide bonds. The molecule has 1 aliphatic rings. The molecule has 0 aromatic rings. The maximum absolute atomic E-state index is 11.8. The lowest BCUT2D eigenvalue weighted by Gasteiger charge is -2.27. The third-order valence-corrected chi connectivity index (χ3v) is 2.38. The summed E-state index contributed by atoms with van der Waals surface area (Å²) in [7, 11) is 0. The van der Waals surface area contributed by atoms with Gasteiger partial charge in [0, 0.05) is 6.42 Å². The number of β-amino-alcohol motifs (C(OH)–C–C–N with tert-alkyl or cyclic N) is 1. The van der Waals surface area contributed by atoms with Gasteiger partial charge in [0.2, 0.25) is 0 Å². The molecule has 2 atom stereocenters. The summed E-state index contributed by atoms with van der Waals surface area (Å²) < 4.78 is 5.17. The lowest BCUT2D eigenvalue weighted by atomic mass is 10.1. The molecule has 0 saturated carbocycles. The van der Waals surface area contributed by atoms with Crippen LogP contribution in [-0.2, 0) is 9.53 Å². The van der Waals surface area contributed by atoms with Crippen LogP contribution in [0.15, 0.2) is 0 Å². The number of hydrogen-bond donors (Lipinski definition) is 1. The molecule has 5 heteroatoms. The minimum absolute atomic E-state index is 0.123. The van der Waals surface area contributed by atoms with Crippen molar-refractivity contribution in [1.82, 2.24) is 4.90 Å². The number of carbonyl (C=O) groups excluding carboxylic acids is 2. The van der Waals surface area contributed by atoms with Crippen molar-refractivity contribution in [2.24, 2.45) is 0 Å². The van der Waals surface area contributed by atoms with E-state index in [1.165, 1.54) is 11.8 Å². The molecule has 92 valence electrons. The van der Waals surface area contributed by atoms with Crippen molar-refractivity contribution < 1.29 is 19.4 Å². The van der Waals surface area contributed by atoms with Gasteiger partial charge in [0.1, 0.15) is 5.60 Å². The fourth-order valence-electron chi connectivity index (χ4n) is 1.72. The van der Waals surface area contributed by atoms with E-state index in [1.54, 1.807) is 20.8 Å². The highest BCUT2D eigenvalue weighted by atomic mass is 16.6. The molecule has 1 fully saturated rings. The summed E-state index contributed by atoms with van der Waals surface area (Å²) in [5.74, 6) is -0.123. The molecular formula is C11H19NO4. The van der Waals surface area contributed by atoms with Gasteiger partial charge in [0.25, 0.3) is 0 Å². The molecule has 1 heterocycles. The summed E-state index contributed by atoms with van der Waals surface area (Å²) in [6.45, 7) is 6.87. The highest BCUT2D eigenvalue weighted by molar-refractivity contribution is 5.86. The monoisotopic (exact) mass is 229 g/mol. The van der Waals surface area contributed by atoms with Crippen molar-refractivity contribution in [2.75, 3.05) is 6.54 Å². The van der Waals surface area contributed by atoms with Crippen molar-refractivity contribution in [3.8, 4) is 0 Å². The number of likely N-dealkylation sites (tertiary alicyclic amines) is 1. The van der Waals surface area contributed by atoms with E-state index in [9.17, 15) is 14.7 Å². The van der Waals surface area contributed by atoms with Crippen molar-refractivity contribution in [2.45, 2.75) is 51.9 Å². The number of hydrogen-bond acceptors (Lipinski definition) is 4. The first-order chi connectivity index (χ1) is 7.20. The van der Waals surface area contributed by atoms with Gasteiger partial charge in [0.15, 0.2) is 5.78 Å².